The Bertz CT molecular complexity index is 488. The van der Waals surface area contributed by atoms with Crippen LogP contribution in [0, 0.1) is 0 Å². The summed E-state index contributed by atoms with van der Waals surface area (Å²) in [6.07, 6.45) is 4.05. The fourth-order valence-corrected chi connectivity index (χ4v) is 2.09. The number of pyridine rings is 1. The van der Waals surface area contributed by atoms with Crippen LogP contribution in [0.1, 0.15) is 30.1 Å². The van der Waals surface area contributed by atoms with E-state index in [9.17, 15) is 4.79 Å². The average Bonchev–Trinajstić information content (AvgIpc) is 3.29. The SMILES string of the molecule is COC(=O)c1cc(NCC(C)N(C)C2CC2)ncc1N. The van der Waals surface area contributed by atoms with E-state index in [0.717, 1.165) is 12.6 Å². The van der Waals surface area contributed by atoms with Crippen LogP contribution in [-0.2, 0) is 4.74 Å². The molecular weight excluding hydrogens is 256 g/mol. The largest absolute Gasteiger partial charge is 0.465 e. The van der Waals surface area contributed by atoms with Gasteiger partial charge in [-0.15, -0.1) is 0 Å². The summed E-state index contributed by atoms with van der Waals surface area (Å²) in [6, 6.07) is 2.76. The first kappa shape index (κ1) is 14.6. The van der Waals surface area contributed by atoms with Gasteiger partial charge in [-0.25, -0.2) is 9.78 Å². The number of likely N-dealkylation sites (N-methyl/N-ethyl adjacent to an activating group) is 1. The zero-order valence-corrected chi connectivity index (χ0v) is 12.2. The number of nitrogens with two attached hydrogens (primary N) is 1. The van der Waals surface area contributed by atoms with E-state index < -0.39 is 5.97 Å². The van der Waals surface area contributed by atoms with Crippen LogP contribution in [0.2, 0.25) is 0 Å². The summed E-state index contributed by atoms with van der Waals surface area (Å²) >= 11 is 0. The van der Waals surface area contributed by atoms with Crippen LogP contribution in [0.15, 0.2) is 12.3 Å². The molecule has 0 bridgehead atoms. The van der Waals surface area contributed by atoms with Crippen LogP contribution >= 0.6 is 0 Å². The topological polar surface area (TPSA) is 80.5 Å². The van der Waals surface area contributed by atoms with Crippen LogP contribution in [-0.4, -0.2) is 48.6 Å². The highest BCUT2D eigenvalue weighted by molar-refractivity contribution is 5.95. The van der Waals surface area contributed by atoms with E-state index in [1.165, 1.54) is 26.1 Å². The van der Waals surface area contributed by atoms with Crippen molar-refractivity contribution in [3.63, 3.8) is 0 Å². The minimum atomic E-state index is -0.448. The second-order valence-corrected chi connectivity index (χ2v) is 5.27. The lowest BCUT2D eigenvalue weighted by molar-refractivity contribution is 0.0602. The third-order valence-corrected chi connectivity index (χ3v) is 3.74. The Labute approximate surface area is 119 Å². The standard InChI is InChI=1S/C14H22N4O2/c1-9(18(2)10-4-5-10)7-16-13-6-11(14(19)20-3)12(15)8-17-13/h6,8-10H,4-5,7,15H2,1-3H3,(H,16,17). The van der Waals surface area contributed by atoms with E-state index in [2.05, 4.69) is 29.2 Å². The van der Waals surface area contributed by atoms with Gasteiger partial charge < -0.3 is 15.8 Å². The van der Waals surface area contributed by atoms with Gasteiger partial charge in [-0.05, 0) is 32.9 Å². The molecule has 1 atom stereocenters. The number of carbonyl (C=O) groups excluding carboxylic acids is 1. The molecule has 0 radical (unpaired) electrons. The van der Waals surface area contributed by atoms with Gasteiger partial charge in [-0.3, -0.25) is 4.90 Å². The predicted molar refractivity (Wildman–Crippen MR) is 78.7 cm³/mol. The lowest BCUT2D eigenvalue weighted by Crippen LogP contribution is -2.36. The molecule has 1 aromatic heterocycles. The van der Waals surface area contributed by atoms with Crippen LogP contribution in [0.5, 0.6) is 0 Å². The first-order valence-corrected chi connectivity index (χ1v) is 6.82. The predicted octanol–water partition coefficient (Wildman–Crippen LogP) is 1.34. The lowest BCUT2D eigenvalue weighted by Gasteiger charge is -2.24. The van der Waals surface area contributed by atoms with Crippen LogP contribution in [0.4, 0.5) is 11.5 Å². The van der Waals surface area contributed by atoms with Gasteiger partial charge in [-0.2, -0.15) is 0 Å². The number of nitrogen functional groups attached to an aromatic ring is 1. The molecule has 3 N–H and O–H groups in total. The zero-order valence-electron chi connectivity index (χ0n) is 12.2. The molecule has 1 fully saturated rings. The van der Waals surface area contributed by atoms with Crippen molar-refractivity contribution in [1.29, 1.82) is 0 Å². The summed E-state index contributed by atoms with van der Waals surface area (Å²) in [5.74, 6) is 0.187. The van der Waals surface area contributed by atoms with Crippen molar-refractivity contribution in [1.82, 2.24) is 9.88 Å². The first-order valence-electron chi connectivity index (χ1n) is 6.82. The molecule has 1 aromatic rings. The van der Waals surface area contributed by atoms with Gasteiger partial charge in [0.1, 0.15) is 5.82 Å². The van der Waals surface area contributed by atoms with Crippen molar-refractivity contribution in [2.24, 2.45) is 0 Å². The third kappa shape index (κ3) is 3.39. The van der Waals surface area contributed by atoms with Gasteiger partial charge in [0.2, 0.25) is 0 Å². The molecule has 1 unspecified atom stereocenters. The quantitative estimate of drug-likeness (QED) is 0.764. The third-order valence-electron chi connectivity index (χ3n) is 3.74. The fraction of sp³-hybridized carbons (Fsp3) is 0.571. The molecule has 0 saturated heterocycles. The molecule has 0 spiro atoms. The number of methoxy groups -OCH3 is 1. The summed E-state index contributed by atoms with van der Waals surface area (Å²) in [5.41, 5.74) is 6.38. The van der Waals surface area contributed by atoms with Crippen LogP contribution in [0.25, 0.3) is 0 Å². The minimum Gasteiger partial charge on any atom is -0.465 e. The summed E-state index contributed by atoms with van der Waals surface area (Å²) < 4.78 is 4.69. The molecule has 1 heterocycles. The highest BCUT2D eigenvalue weighted by Crippen LogP contribution is 2.27. The second kappa shape index (κ2) is 6.09. The van der Waals surface area contributed by atoms with Crippen molar-refractivity contribution in [2.45, 2.75) is 31.8 Å². The highest BCUT2D eigenvalue weighted by atomic mass is 16.5. The summed E-state index contributed by atoms with van der Waals surface area (Å²) in [4.78, 5) is 18.1. The number of aromatic nitrogens is 1. The maximum absolute atomic E-state index is 11.6. The van der Waals surface area contributed by atoms with Gasteiger partial charge >= 0.3 is 5.97 Å². The lowest BCUT2D eigenvalue weighted by atomic mass is 10.2. The van der Waals surface area contributed by atoms with Crippen molar-refractivity contribution in [3.05, 3.63) is 17.8 Å². The molecule has 110 valence electrons. The molecule has 2 rings (SSSR count). The molecule has 1 aliphatic carbocycles. The Balaban J connectivity index is 1.97. The summed E-state index contributed by atoms with van der Waals surface area (Å²) in [5, 5.41) is 3.24. The molecular formula is C14H22N4O2. The molecule has 0 amide bonds. The number of carbonyl (C=O) groups is 1. The smallest absolute Gasteiger partial charge is 0.340 e. The van der Waals surface area contributed by atoms with Crippen LogP contribution < -0.4 is 11.1 Å². The molecule has 20 heavy (non-hydrogen) atoms. The monoisotopic (exact) mass is 278 g/mol. The van der Waals surface area contributed by atoms with Crippen molar-refractivity contribution in [3.8, 4) is 0 Å². The second-order valence-electron chi connectivity index (χ2n) is 5.27. The Morgan fingerprint density at radius 2 is 2.35 bits per heavy atom. The van der Waals surface area contributed by atoms with E-state index in [0.29, 0.717) is 23.1 Å². The normalized spacial score (nSPS) is 16.0. The Morgan fingerprint density at radius 1 is 1.65 bits per heavy atom. The summed E-state index contributed by atoms with van der Waals surface area (Å²) in [7, 11) is 3.47. The van der Waals surface area contributed by atoms with E-state index in [1.807, 2.05) is 0 Å². The number of nitrogens with one attached hydrogen (secondary N) is 1. The first-order chi connectivity index (χ1) is 9.52. The van der Waals surface area contributed by atoms with Gasteiger partial charge in [0.25, 0.3) is 0 Å². The molecule has 0 aromatic carbocycles. The van der Waals surface area contributed by atoms with E-state index in [4.69, 9.17) is 10.5 Å². The fourth-order valence-electron chi connectivity index (χ4n) is 2.09. The molecule has 1 saturated carbocycles. The molecule has 6 nitrogen and oxygen atoms in total. The number of hydrogen-bond acceptors (Lipinski definition) is 6. The Hall–Kier alpha value is -1.82. The van der Waals surface area contributed by atoms with Crippen molar-refractivity contribution >= 4 is 17.5 Å². The number of anilines is 2. The van der Waals surface area contributed by atoms with Gasteiger partial charge in [-0.1, -0.05) is 0 Å². The minimum absolute atomic E-state index is 0.325. The average molecular weight is 278 g/mol. The molecule has 1 aliphatic rings. The number of ether oxygens (including phenoxy) is 1. The number of rotatable bonds is 6. The van der Waals surface area contributed by atoms with E-state index in [1.54, 1.807) is 6.07 Å². The number of nitrogens with zero attached hydrogens (tertiary/aromatic N) is 2. The maximum atomic E-state index is 11.6. The number of hydrogen-bond donors (Lipinski definition) is 2. The van der Waals surface area contributed by atoms with Gasteiger partial charge in [0, 0.05) is 18.6 Å². The van der Waals surface area contributed by atoms with E-state index >= 15 is 0 Å². The molecule has 6 heteroatoms. The Morgan fingerprint density at radius 3 is 2.95 bits per heavy atom. The maximum Gasteiger partial charge on any atom is 0.340 e. The highest BCUT2D eigenvalue weighted by Gasteiger charge is 2.28. The summed E-state index contributed by atoms with van der Waals surface area (Å²) in [6.45, 7) is 2.94. The van der Waals surface area contributed by atoms with Gasteiger partial charge in [0.15, 0.2) is 0 Å². The van der Waals surface area contributed by atoms with Crippen molar-refractivity contribution < 1.29 is 9.53 Å². The van der Waals surface area contributed by atoms with Crippen molar-refractivity contribution in [2.75, 3.05) is 31.8 Å². The molecule has 0 aliphatic heterocycles. The van der Waals surface area contributed by atoms with Gasteiger partial charge in [0.05, 0.1) is 24.6 Å². The van der Waals surface area contributed by atoms with Crippen LogP contribution in [0.3, 0.4) is 0 Å². The number of esters is 1. The van der Waals surface area contributed by atoms with E-state index in [-0.39, 0.29) is 0 Å². The Kier molecular flexibility index (Phi) is 4.44. The zero-order chi connectivity index (χ0) is 14.7.